The first-order chi connectivity index (χ1) is 10.1. The van der Waals surface area contributed by atoms with Crippen LogP contribution in [0, 0.1) is 11.8 Å². The van der Waals surface area contributed by atoms with Crippen LogP contribution in [-0.2, 0) is 4.79 Å². The van der Waals surface area contributed by atoms with Gasteiger partial charge in [0.15, 0.2) is 0 Å². The smallest absolute Gasteiger partial charge is 0.315 e. The second-order valence-electron chi connectivity index (χ2n) is 6.28. The molecule has 2 rings (SSSR count). The number of likely N-dealkylation sites (tertiary alicyclic amines) is 1. The van der Waals surface area contributed by atoms with E-state index < -0.39 is 5.97 Å². The van der Waals surface area contributed by atoms with Crippen LogP contribution in [0.1, 0.15) is 39.0 Å². The number of piperidine rings is 1. The lowest BCUT2D eigenvalue weighted by molar-refractivity contribution is -0.141. The van der Waals surface area contributed by atoms with Gasteiger partial charge in [-0.25, -0.2) is 4.79 Å². The maximum atomic E-state index is 11.9. The van der Waals surface area contributed by atoms with Crippen molar-refractivity contribution in [2.24, 2.45) is 11.8 Å². The maximum Gasteiger partial charge on any atom is 0.315 e. The Bertz CT molecular complexity index is 367. The highest BCUT2D eigenvalue weighted by Crippen LogP contribution is 2.25. The number of carbonyl (C=O) groups excluding carboxylic acids is 1. The summed E-state index contributed by atoms with van der Waals surface area (Å²) in [6.45, 7) is 6.24. The summed E-state index contributed by atoms with van der Waals surface area (Å²) in [4.78, 5) is 25.2. The summed E-state index contributed by atoms with van der Waals surface area (Å²) in [5.41, 5.74) is 0. The molecule has 6 nitrogen and oxygen atoms in total. The van der Waals surface area contributed by atoms with Crippen LogP contribution in [-0.4, -0.2) is 54.2 Å². The zero-order chi connectivity index (χ0) is 15.2. The normalized spacial score (nSPS) is 27.5. The van der Waals surface area contributed by atoms with E-state index in [4.69, 9.17) is 5.11 Å². The number of aliphatic carboxylic acids is 1. The van der Waals surface area contributed by atoms with E-state index in [1.54, 1.807) is 0 Å². The molecule has 1 aliphatic carbocycles. The molecule has 2 aliphatic rings. The summed E-state index contributed by atoms with van der Waals surface area (Å²) in [6, 6.07) is -0.142. The largest absolute Gasteiger partial charge is 0.481 e. The molecule has 0 aromatic rings. The average molecular weight is 297 g/mol. The predicted octanol–water partition coefficient (Wildman–Crippen LogP) is 1.27. The lowest BCUT2D eigenvalue weighted by atomic mass is 9.97. The Kier molecular flexibility index (Phi) is 5.85. The molecule has 2 amide bonds. The molecular weight excluding hydrogens is 270 g/mol. The summed E-state index contributed by atoms with van der Waals surface area (Å²) in [5.74, 6) is -0.482. The lowest BCUT2D eigenvalue weighted by Crippen LogP contribution is -2.44. The van der Waals surface area contributed by atoms with Crippen molar-refractivity contribution in [2.75, 3.05) is 26.2 Å². The van der Waals surface area contributed by atoms with Gasteiger partial charge in [-0.05, 0) is 57.7 Å². The van der Waals surface area contributed by atoms with E-state index in [2.05, 4.69) is 22.5 Å². The van der Waals surface area contributed by atoms with Gasteiger partial charge in [0.1, 0.15) is 0 Å². The summed E-state index contributed by atoms with van der Waals surface area (Å²) in [6.07, 6.45) is 4.25. The van der Waals surface area contributed by atoms with Crippen molar-refractivity contribution < 1.29 is 14.7 Å². The number of amides is 2. The number of carboxylic acids is 1. The van der Waals surface area contributed by atoms with Gasteiger partial charge in [-0.15, -0.1) is 0 Å². The van der Waals surface area contributed by atoms with Crippen LogP contribution in [0.3, 0.4) is 0 Å². The molecule has 0 spiro atoms. The standard InChI is InChI=1S/C15H27N3O3/c1-2-18-7-5-11(6-8-18)10-16-15(21)17-13-4-3-12(9-13)14(19)20/h11-13H,2-10H2,1H3,(H,19,20)(H2,16,17,21)/t12-,13+/m1/s1. The molecule has 0 unspecified atom stereocenters. The monoisotopic (exact) mass is 297 g/mol. The van der Waals surface area contributed by atoms with Crippen LogP contribution >= 0.6 is 0 Å². The van der Waals surface area contributed by atoms with E-state index in [0.29, 0.717) is 18.8 Å². The lowest BCUT2D eigenvalue weighted by Gasteiger charge is -2.31. The number of urea groups is 1. The Morgan fingerprint density at radius 1 is 1.19 bits per heavy atom. The highest BCUT2D eigenvalue weighted by molar-refractivity contribution is 5.75. The fourth-order valence-electron chi connectivity index (χ4n) is 3.32. The molecule has 0 bridgehead atoms. The van der Waals surface area contributed by atoms with Crippen molar-refractivity contribution in [3.63, 3.8) is 0 Å². The first kappa shape index (κ1) is 16.1. The Morgan fingerprint density at radius 2 is 1.90 bits per heavy atom. The van der Waals surface area contributed by atoms with Gasteiger partial charge in [0, 0.05) is 12.6 Å². The molecule has 2 atom stereocenters. The van der Waals surface area contributed by atoms with E-state index in [9.17, 15) is 9.59 Å². The van der Waals surface area contributed by atoms with Crippen molar-refractivity contribution in [3.8, 4) is 0 Å². The van der Waals surface area contributed by atoms with Gasteiger partial charge in [-0.3, -0.25) is 4.79 Å². The van der Waals surface area contributed by atoms with Gasteiger partial charge < -0.3 is 20.6 Å². The molecule has 1 aliphatic heterocycles. The van der Waals surface area contributed by atoms with E-state index in [0.717, 1.165) is 45.4 Å². The van der Waals surface area contributed by atoms with Crippen LogP contribution in [0.4, 0.5) is 4.79 Å². The highest BCUT2D eigenvalue weighted by atomic mass is 16.4. The molecule has 1 heterocycles. The molecule has 21 heavy (non-hydrogen) atoms. The van der Waals surface area contributed by atoms with Crippen molar-refractivity contribution in [1.29, 1.82) is 0 Å². The zero-order valence-electron chi connectivity index (χ0n) is 12.8. The van der Waals surface area contributed by atoms with Crippen molar-refractivity contribution in [1.82, 2.24) is 15.5 Å². The summed E-state index contributed by atoms with van der Waals surface area (Å²) in [5, 5.41) is 14.8. The Balaban J connectivity index is 1.61. The molecule has 2 fully saturated rings. The van der Waals surface area contributed by atoms with Gasteiger partial charge in [-0.1, -0.05) is 6.92 Å². The molecule has 120 valence electrons. The Labute approximate surface area is 126 Å². The van der Waals surface area contributed by atoms with Crippen LogP contribution in [0.2, 0.25) is 0 Å². The SMILES string of the molecule is CCN1CCC(CNC(=O)N[C@H]2CC[C@@H](C(=O)O)C2)CC1. The molecular formula is C15H27N3O3. The molecule has 0 aromatic heterocycles. The molecule has 6 heteroatoms. The van der Waals surface area contributed by atoms with Crippen LogP contribution in [0.5, 0.6) is 0 Å². The third-order valence-corrected chi connectivity index (χ3v) is 4.82. The molecule has 3 N–H and O–H groups in total. The first-order valence-corrected chi connectivity index (χ1v) is 8.08. The van der Waals surface area contributed by atoms with E-state index in [-0.39, 0.29) is 18.0 Å². The van der Waals surface area contributed by atoms with Crippen molar-refractivity contribution in [3.05, 3.63) is 0 Å². The fraction of sp³-hybridized carbons (Fsp3) is 0.867. The number of hydrogen-bond acceptors (Lipinski definition) is 3. The summed E-state index contributed by atoms with van der Waals surface area (Å²) >= 11 is 0. The summed E-state index contributed by atoms with van der Waals surface area (Å²) in [7, 11) is 0. The number of rotatable bonds is 5. The topological polar surface area (TPSA) is 81.7 Å². The molecule has 1 saturated carbocycles. The minimum absolute atomic E-state index is 0.00744. The third kappa shape index (κ3) is 4.88. The van der Waals surface area contributed by atoms with Crippen molar-refractivity contribution >= 4 is 12.0 Å². The third-order valence-electron chi connectivity index (χ3n) is 4.82. The van der Waals surface area contributed by atoms with E-state index in [1.165, 1.54) is 0 Å². The van der Waals surface area contributed by atoms with E-state index in [1.807, 2.05) is 0 Å². The van der Waals surface area contributed by atoms with Gasteiger partial charge in [-0.2, -0.15) is 0 Å². The van der Waals surface area contributed by atoms with Crippen molar-refractivity contribution in [2.45, 2.75) is 45.1 Å². The van der Waals surface area contributed by atoms with Gasteiger partial charge in [0.25, 0.3) is 0 Å². The second kappa shape index (κ2) is 7.64. The first-order valence-electron chi connectivity index (χ1n) is 8.08. The van der Waals surface area contributed by atoms with Gasteiger partial charge >= 0.3 is 12.0 Å². The number of carbonyl (C=O) groups is 2. The fourth-order valence-corrected chi connectivity index (χ4v) is 3.32. The Morgan fingerprint density at radius 3 is 2.48 bits per heavy atom. The van der Waals surface area contributed by atoms with Gasteiger partial charge in [0.2, 0.25) is 0 Å². The Hall–Kier alpha value is -1.30. The molecule has 1 saturated heterocycles. The minimum atomic E-state index is -0.748. The zero-order valence-corrected chi connectivity index (χ0v) is 12.8. The van der Waals surface area contributed by atoms with Crippen LogP contribution < -0.4 is 10.6 Å². The molecule has 0 radical (unpaired) electrons. The second-order valence-corrected chi connectivity index (χ2v) is 6.28. The van der Waals surface area contributed by atoms with Crippen LogP contribution in [0.25, 0.3) is 0 Å². The van der Waals surface area contributed by atoms with Crippen LogP contribution in [0.15, 0.2) is 0 Å². The summed E-state index contributed by atoms with van der Waals surface area (Å²) < 4.78 is 0. The van der Waals surface area contributed by atoms with E-state index >= 15 is 0 Å². The molecule has 0 aromatic carbocycles. The number of nitrogens with one attached hydrogen (secondary N) is 2. The predicted molar refractivity (Wildman–Crippen MR) is 80.1 cm³/mol. The quantitative estimate of drug-likeness (QED) is 0.714. The number of nitrogens with zero attached hydrogens (tertiary/aromatic N) is 1. The maximum absolute atomic E-state index is 11.9. The minimum Gasteiger partial charge on any atom is -0.481 e. The highest BCUT2D eigenvalue weighted by Gasteiger charge is 2.30. The van der Waals surface area contributed by atoms with Gasteiger partial charge in [0.05, 0.1) is 5.92 Å². The average Bonchev–Trinajstić information content (AvgIpc) is 2.94. The number of hydrogen-bond donors (Lipinski definition) is 3. The number of carboxylic acid groups (broad SMARTS) is 1.